The fourth-order valence-corrected chi connectivity index (χ4v) is 5.94. The summed E-state index contributed by atoms with van der Waals surface area (Å²) in [7, 11) is 0. The van der Waals surface area contributed by atoms with E-state index >= 15 is 0 Å². The van der Waals surface area contributed by atoms with E-state index in [0.29, 0.717) is 11.3 Å². The summed E-state index contributed by atoms with van der Waals surface area (Å²) in [5.74, 6) is 0.679. The van der Waals surface area contributed by atoms with Gasteiger partial charge in [-0.3, -0.25) is 0 Å². The largest absolute Gasteiger partial charge is 0.371 e. The van der Waals surface area contributed by atoms with E-state index in [1.54, 1.807) is 11.3 Å². The van der Waals surface area contributed by atoms with Crippen molar-refractivity contribution in [1.29, 1.82) is 5.26 Å². The van der Waals surface area contributed by atoms with Crippen LogP contribution in [0, 0.1) is 29.6 Å². The first-order valence-electron chi connectivity index (χ1n) is 10.8. The molecule has 0 unspecified atom stereocenters. The minimum absolute atomic E-state index is 0.312. The van der Waals surface area contributed by atoms with Gasteiger partial charge >= 0.3 is 0 Å². The van der Waals surface area contributed by atoms with Gasteiger partial charge in [0.2, 0.25) is 0 Å². The van der Waals surface area contributed by atoms with Crippen molar-refractivity contribution in [2.75, 3.05) is 18.0 Å². The molecule has 3 nitrogen and oxygen atoms in total. The minimum Gasteiger partial charge on any atom is -0.371 e. The fraction of sp³-hybridized carbons (Fsp3) is 0.520. The van der Waals surface area contributed by atoms with Crippen LogP contribution in [-0.4, -0.2) is 19.3 Å². The number of aryl methyl sites for hydroxylation is 1. The molecule has 0 bridgehead atoms. The second kappa shape index (κ2) is 7.95. The highest BCUT2D eigenvalue weighted by Gasteiger charge is 2.32. The number of nitriles is 1. The van der Waals surface area contributed by atoms with Crippen molar-refractivity contribution < 1.29 is 0 Å². The molecule has 0 saturated carbocycles. The minimum atomic E-state index is 0.312. The Morgan fingerprint density at radius 1 is 1.24 bits per heavy atom. The number of nitrogens with zero attached hydrogens (tertiary/aromatic N) is 3. The molecule has 0 amide bonds. The zero-order valence-electron chi connectivity index (χ0n) is 18.1. The van der Waals surface area contributed by atoms with Crippen molar-refractivity contribution in [3.05, 3.63) is 45.3 Å². The molecule has 1 fully saturated rings. The van der Waals surface area contributed by atoms with Crippen molar-refractivity contribution in [1.82, 2.24) is 0 Å². The summed E-state index contributed by atoms with van der Waals surface area (Å²) in [6.45, 7) is 11.5. The van der Waals surface area contributed by atoms with Gasteiger partial charge in [-0.15, -0.1) is 11.3 Å². The maximum Gasteiger partial charge on any atom is 0.134 e. The first-order valence-corrected chi connectivity index (χ1v) is 11.6. The first-order chi connectivity index (χ1) is 13.9. The maximum absolute atomic E-state index is 9.77. The predicted molar refractivity (Wildman–Crippen MR) is 124 cm³/mol. The summed E-state index contributed by atoms with van der Waals surface area (Å²) in [5, 5.41) is 10.6. The summed E-state index contributed by atoms with van der Waals surface area (Å²) >= 11 is 1.72. The molecule has 2 heterocycles. The Labute approximate surface area is 179 Å². The third-order valence-electron chi connectivity index (χ3n) is 6.58. The van der Waals surface area contributed by atoms with Crippen LogP contribution in [0.25, 0.3) is 0 Å². The van der Waals surface area contributed by atoms with Crippen molar-refractivity contribution >= 4 is 28.2 Å². The smallest absolute Gasteiger partial charge is 0.134 e. The lowest BCUT2D eigenvalue weighted by molar-refractivity contribution is 0.218. The van der Waals surface area contributed by atoms with Crippen LogP contribution in [0.3, 0.4) is 0 Å². The van der Waals surface area contributed by atoms with Crippen molar-refractivity contribution in [2.45, 2.75) is 59.8 Å². The van der Waals surface area contributed by atoms with Crippen LogP contribution in [-0.2, 0) is 12.8 Å². The molecular formula is C25H31N3S. The van der Waals surface area contributed by atoms with E-state index in [0.717, 1.165) is 42.1 Å². The normalized spacial score (nSPS) is 19.6. The number of anilines is 1. The molecule has 1 aromatic carbocycles. The molecule has 2 aromatic rings. The summed E-state index contributed by atoms with van der Waals surface area (Å²) in [5.41, 5.74) is 6.12. The number of hydrogen-bond acceptors (Lipinski definition) is 4. The van der Waals surface area contributed by atoms with Crippen LogP contribution >= 0.6 is 11.3 Å². The number of benzene rings is 1. The van der Waals surface area contributed by atoms with Crippen molar-refractivity contribution in [3.8, 4) is 6.07 Å². The molecule has 4 rings (SSSR count). The molecule has 0 radical (unpaired) electrons. The van der Waals surface area contributed by atoms with E-state index < -0.39 is 0 Å². The highest BCUT2D eigenvalue weighted by atomic mass is 32.1. The van der Waals surface area contributed by atoms with Gasteiger partial charge in [0.15, 0.2) is 0 Å². The third kappa shape index (κ3) is 4.12. The first kappa shape index (κ1) is 20.2. The lowest BCUT2D eigenvalue weighted by atomic mass is 9.72. The summed E-state index contributed by atoms with van der Waals surface area (Å²) in [6, 6.07) is 9.03. The lowest BCUT2D eigenvalue weighted by Crippen LogP contribution is -2.26. The van der Waals surface area contributed by atoms with Gasteiger partial charge in [0.25, 0.3) is 0 Å². The van der Waals surface area contributed by atoms with Gasteiger partial charge in [-0.1, -0.05) is 26.8 Å². The van der Waals surface area contributed by atoms with Crippen LogP contribution in [0.1, 0.15) is 67.2 Å². The van der Waals surface area contributed by atoms with E-state index in [4.69, 9.17) is 4.99 Å². The molecule has 0 N–H and O–H groups in total. The second-order valence-corrected chi connectivity index (χ2v) is 10.7. The van der Waals surface area contributed by atoms with E-state index in [2.05, 4.69) is 56.9 Å². The Morgan fingerprint density at radius 3 is 2.66 bits per heavy atom. The van der Waals surface area contributed by atoms with Crippen LogP contribution in [0.2, 0.25) is 0 Å². The SMILES string of the molecule is Cc1cc(C=Nc2sc3c(c2C#N)CC[C@@H](C(C)(C)C)C3)ccc1N1CCCC1. The topological polar surface area (TPSA) is 39.4 Å². The van der Waals surface area contributed by atoms with Gasteiger partial charge in [0.1, 0.15) is 11.1 Å². The van der Waals surface area contributed by atoms with Crippen LogP contribution in [0.5, 0.6) is 0 Å². The Hall–Kier alpha value is -2.12. The molecular weight excluding hydrogens is 374 g/mol. The van der Waals surface area contributed by atoms with Crippen LogP contribution in [0.4, 0.5) is 10.7 Å². The molecule has 1 aliphatic heterocycles. The number of aliphatic imine (C=N–C) groups is 1. The number of rotatable bonds is 3. The molecule has 1 atom stereocenters. The molecule has 1 saturated heterocycles. The van der Waals surface area contributed by atoms with Gasteiger partial charge in [-0.05, 0) is 79.2 Å². The Kier molecular flexibility index (Phi) is 5.53. The molecule has 29 heavy (non-hydrogen) atoms. The summed E-state index contributed by atoms with van der Waals surface area (Å²) < 4.78 is 0. The molecule has 1 aliphatic carbocycles. The summed E-state index contributed by atoms with van der Waals surface area (Å²) in [4.78, 5) is 8.62. The lowest BCUT2D eigenvalue weighted by Gasteiger charge is -2.33. The quantitative estimate of drug-likeness (QED) is 0.552. The number of hydrogen-bond donors (Lipinski definition) is 0. The summed E-state index contributed by atoms with van der Waals surface area (Å²) in [6.07, 6.45) is 7.77. The van der Waals surface area contributed by atoms with Gasteiger partial charge in [-0.25, -0.2) is 4.99 Å². The highest BCUT2D eigenvalue weighted by molar-refractivity contribution is 7.16. The van der Waals surface area contributed by atoms with E-state index in [1.165, 1.54) is 41.0 Å². The average molecular weight is 406 g/mol. The van der Waals surface area contributed by atoms with E-state index in [-0.39, 0.29) is 0 Å². The highest BCUT2D eigenvalue weighted by Crippen LogP contribution is 2.44. The molecule has 4 heteroatoms. The zero-order valence-corrected chi connectivity index (χ0v) is 18.9. The zero-order chi connectivity index (χ0) is 20.6. The van der Waals surface area contributed by atoms with E-state index in [1.807, 2.05) is 6.21 Å². The monoisotopic (exact) mass is 405 g/mol. The third-order valence-corrected chi connectivity index (χ3v) is 7.74. The number of thiophene rings is 1. The van der Waals surface area contributed by atoms with Crippen LogP contribution < -0.4 is 4.90 Å². The van der Waals surface area contributed by atoms with Gasteiger partial charge in [-0.2, -0.15) is 5.26 Å². The Bertz CT molecular complexity index is 965. The average Bonchev–Trinajstić information content (AvgIpc) is 3.32. The molecule has 152 valence electrons. The van der Waals surface area contributed by atoms with Crippen molar-refractivity contribution in [3.63, 3.8) is 0 Å². The fourth-order valence-electron chi connectivity index (χ4n) is 4.72. The standard InChI is InChI=1S/C25H31N3S/c1-17-13-18(7-10-22(17)28-11-5-6-12-28)16-27-24-21(15-26)20-9-8-19(25(2,3)4)14-23(20)29-24/h7,10,13,16,19H,5-6,8-9,11-12,14H2,1-4H3/t19-/m1/s1. The van der Waals surface area contributed by atoms with Crippen molar-refractivity contribution in [2.24, 2.45) is 16.3 Å². The van der Waals surface area contributed by atoms with Crippen LogP contribution in [0.15, 0.2) is 23.2 Å². The van der Waals surface area contributed by atoms with E-state index in [9.17, 15) is 5.26 Å². The Morgan fingerprint density at radius 2 is 2.00 bits per heavy atom. The maximum atomic E-state index is 9.77. The van der Waals surface area contributed by atoms with Gasteiger partial charge in [0.05, 0.1) is 5.56 Å². The van der Waals surface area contributed by atoms with Gasteiger partial charge < -0.3 is 4.90 Å². The van der Waals surface area contributed by atoms with Gasteiger partial charge in [0, 0.05) is 29.9 Å². The predicted octanol–water partition coefficient (Wildman–Crippen LogP) is 6.43. The molecule has 1 aromatic heterocycles. The Balaban J connectivity index is 1.57. The molecule has 2 aliphatic rings. The second-order valence-electron chi connectivity index (χ2n) is 9.60. The number of fused-ring (bicyclic) bond motifs is 1. The molecule has 0 spiro atoms.